The summed E-state index contributed by atoms with van der Waals surface area (Å²) in [7, 11) is 5.05. The van der Waals surface area contributed by atoms with Gasteiger partial charge in [0, 0.05) is 7.11 Å². The molecule has 6 heteroatoms. The van der Waals surface area contributed by atoms with E-state index in [1.165, 1.54) is 25.4 Å². The highest BCUT2D eigenvalue weighted by molar-refractivity contribution is 7.98. The van der Waals surface area contributed by atoms with E-state index in [0.717, 1.165) is 0 Å². The first-order chi connectivity index (χ1) is 6.27. The highest BCUT2D eigenvalue weighted by Crippen LogP contribution is 2.28. The van der Waals surface area contributed by atoms with E-state index >= 15 is 0 Å². The predicted molar refractivity (Wildman–Crippen MR) is 77.6 cm³/mol. The van der Waals surface area contributed by atoms with Crippen molar-refractivity contribution < 1.29 is 4.43 Å². The second-order valence-electron chi connectivity index (χ2n) is 4.79. The van der Waals surface area contributed by atoms with Gasteiger partial charge in [0.05, 0.1) is 0 Å². The highest BCUT2D eigenvalue weighted by Gasteiger charge is 2.20. The maximum atomic E-state index is 5.44. The van der Waals surface area contributed by atoms with Gasteiger partial charge in [0.1, 0.15) is 8.24 Å². The van der Waals surface area contributed by atoms with E-state index < -0.39 is 15.9 Å². The van der Waals surface area contributed by atoms with Crippen LogP contribution in [0.15, 0.2) is 0 Å². The maximum absolute atomic E-state index is 5.44. The average molecular weight is 269 g/mol. The molecule has 1 N–H and O–H groups in total. The van der Waals surface area contributed by atoms with Crippen LogP contribution in [-0.4, -0.2) is 29.5 Å². The summed E-state index contributed by atoms with van der Waals surface area (Å²) in [6, 6.07) is 1.21. The molecule has 0 fully saturated rings. The Labute approximate surface area is 95.3 Å². The Kier molecular flexibility index (Phi) is 7.31. The van der Waals surface area contributed by atoms with Gasteiger partial charge in [-0.2, -0.15) is 0 Å². The van der Waals surface area contributed by atoms with Gasteiger partial charge in [-0.15, -0.1) is 17.6 Å². The van der Waals surface area contributed by atoms with Crippen molar-refractivity contribution in [3.8, 4) is 0 Å². The smallest absolute Gasteiger partial charge is 0.230 e. The molecule has 0 amide bonds. The van der Waals surface area contributed by atoms with E-state index in [4.69, 9.17) is 4.43 Å². The summed E-state index contributed by atoms with van der Waals surface area (Å²) < 4.78 is 5.44. The van der Waals surface area contributed by atoms with Gasteiger partial charge in [0.15, 0.2) is 0 Å². The van der Waals surface area contributed by atoms with E-state index in [-0.39, 0.29) is 0 Å². The number of hydrogen-bond donors (Lipinski definition) is 1. The molecule has 0 rings (SSSR count). The van der Waals surface area contributed by atoms with E-state index in [9.17, 15) is 0 Å². The van der Waals surface area contributed by atoms with Crippen LogP contribution in [0.5, 0.6) is 0 Å². The zero-order chi connectivity index (χ0) is 11.2. The van der Waals surface area contributed by atoms with Crippen molar-refractivity contribution in [1.82, 2.24) is 4.98 Å². The summed E-state index contributed by atoms with van der Waals surface area (Å²) in [4.78, 5) is 3.63. The number of nitrogens with one attached hydrogen (secondary N) is 1. The number of rotatable bonds is 7. The first kappa shape index (κ1) is 15.2. The molecule has 0 aliphatic carbocycles. The Balaban J connectivity index is 3.39. The fourth-order valence-corrected chi connectivity index (χ4v) is 4.25. The molecule has 0 saturated heterocycles. The quantitative estimate of drug-likeness (QED) is 0.436. The van der Waals surface area contributed by atoms with Crippen LogP contribution in [0.4, 0.5) is 0 Å². The minimum atomic E-state index is -1.46. The van der Waals surface area contributed by atoms with Crippen LogP contribution >= 0.6 is 17.6 Å². The lowest BCUT2D eigenvalue weighted by atomic mass is 10.3. The molecular formula is C8H25NOP2Si2. The lowest BCUT2D eigenvalue weighted by Crippen LogP contribution is -2.41. The Bertz CT molecular complexity index is 162. The Hall–Kier alpha value is 1.21. The highest BCUT2D eigenvalue weighted by atomic mass is 31.6. The van der Waals surface area contributed by atoms with Crippen LogP contribution in [-0.2, 0) is 4.43 Å². The summed E-state index contributed by atoms with van der Waals surface area (Å²) in [6.45, 7) is 8.19. The first-order valence-electron chi connectivity index (χ1n) is 5.15. The zero-order valence-corrected chi connectivity index (χ0v) is 14.2. The monoisotopic (exact) mass is 269 g/mol. The molecule has 2 unspecified atom stereocenters. The summed E-state index contributed by atoms with van der Waals surface area (Å²) >= 11 is 0. The molecule has 0 aromatic heterocycles. The SMILES string of the molecule is CO[Si](P)(P)CCCCN[Si](C)(C)C. The topological polar surface area (TPSA) is 21.3 Å². The van der Waals surface area contributed by atoms with Gasteiger partial charge < -0.3 is 9.41 Å². The minimum absolute atomic E-state index is 1.04. The zero-order valence-electron chi connectivity index (χ0n) is 9.89. The van der Waals surface area contributed by atoms with Gasteiger partial charge in [-0.05, 0) is 19.0 Å². The van der Waals surface area contributed by atoms with Crippen LogP contribution in [0.2, 0.25) is 25.7 Å². The third-order valence-corrected chi connectivity index (χ3v) is 8.38. The summed E-state index contributed by atoms with van der Waals surface area (Å²) in [5.41, 5.74) is 0. The molecule has 0 saturated carbocycles. The molecule has 0 aliphatic heterocycles. The lowest BCUT2D eigenvalue weighted by Gasteiger charge is -2.20. The third-order valence-electron chi connectivity index (χ3n) is 2.03. The van der Waals surface area contributed by atoms with Crippen molar-refractivity contribution in [1.29, 1.82) is 0 Å². The molecule has 0 aliphatic rings. The lowest BCUT2D eigenvalue weighted by molar-refractivity contribution is 0.427. The molecule has 14 heavy (non-hydrogen) atoms. The van der Waals surface area contributed by atoms with E-state index in [1.807, 2.05) is 7.11 Å². The summed E-state index contributed by atoms with van der Waals surface area (Å²) in [5, 5.41) is 0. The van der Waals surface area contributed by atoms with Crippen molar-refractivity contribution in [2.75, 3.05) is 13.7 Å². The van der Waals surface area contributed by atoms with E-state index in [1.54, 1.807) is 0 Å². The van der Waals surface area contributed by atoms with E-state index in [2.05, 4.69) is 42.2 Å². The standard InChI is InChI=1S/C8H25NOP2Si2/c1-10-14(11,12)8-6-5-7-9-13(2,3)4/h9H,5-8,11-12H2,1-4H3. The fraction of sp³-hybridized carbons (Fsp3) is 1.00. The number of unbranched alkanes of at least 4 members (excludes halogenated alkanes) is 1. The second kappa shape index (κ2) is 6.72. The van der Waals surface area contributed by atoms with Gasteiger partial charge in [0.25, 0.3) is 0 Å². The normalized spacial score (nSPS) is 13.3. The molecule has 0 heterocycles. The molecule has 2 nitrogen and oxygen atoms in total. The van der Waals surface area contributed by atoms with Crippen molar-refractivity contribution in [3.63, 3.8) is 0 Å². The first-order valence-corrected chi connectivity index (χ1v) is 14.4. The second-order valence-corrected chi connectivity index (χ2v) is 20.3. The largest absolute Gasteiger partial charge is 0.413 e. The van der Waals surface area contributed by atoms with Crippen molar-refractivity contribution in [2.24, 2.45) is 0 Å². The Morgan fingerprint density at radius 3 is 2.14 bits per heavy atom. The van der Waals surface area contributed by atoms with Crippen LogP contribution < -0.4 is 4.98 Å². The van der Waals surface area contributed by atoms with Crippen LogP contribution in [0.1, 0.15) is 12.8 Å². The Morgan fingerprint density at radius 2 is 1.71 bits per heavy atom. The minimum Gasteiger partial charge on any atom is -0.413 e. The molecule has 0 aromatic carbocycles. The van der Waals surface area contributed by atoms with Crippen molar-refractivity contribution in [3.05, 3.63) is 0 Å². The van der Waals surface area contributed by atoms with Gasteiger partial charge >= 0.3 is 0 Å². The summed E-state index contributed by atoms with van der Waals surface area (Å²) in [6.07, 6.45) is 2.54. The molecule has 0 bridgehead atoms. The van der Waals surface area contributed by atoms with Gasteiger partial charge in [-0.25, -0.2) is 0 Å². The predicted octanol–water partition coefficient (Wildman–Crippen LogP) is 2.53. The van der Waals surface area contributed by atoms with Crippen LogP contribution in [0.25, 0.3) is 0 Å². The van der Waals surface area contributed by atoms with E-state index in [0.29, 0.717) is 0 Å². The molecule has 86 valence electrons. The molecule has 0 aromatic rings. The average Bonchev–Trinajstić information content (AvgIpc) is 2.01. The fourth-order valence-electron chi connectivity index (χ4n) is 1.09. The maximum Gasteiger partial charge on any atom is 0.230 e. The molecule has 2 atom stereocenters. The third kappa shape index (κ3) is 9.76. The van der Waals surface area contributed by atoms with Crippen LogP contribution in [0.3, 0.4) is 0 Å². The van der Waals surface area contributed by atoms with Gasteiger partial charge in [0.2, 0.25) is 7.65 Å². The van der Waals surface area contributed by atoms with Crippen LogP contribution in [0, 0.1) is 0 Å². The summed E-state index contributed by atoms with van der Waals surface area (Å²) in [5.74, 6) is 0. The molecule has 0 spiro atoms. The van der Waals surface area contributed by atoms with Crippen molar-refractivity contribution in [2.45, 2.75) is 38.5 Å². The van der Waals surface area contributed by atoms with Gasteiger partial charge in [-0.3, -0.25) is 0 Å². The number of hydrogen-bond acceptors (Lipinski definition) is 2. The Morgan fingerprint density at radius 1 is 1.14 bits per heavy atom. The van der Waals surface area contributed by atoms with Gasteiger partial charge in [-0.1, -0.05) is 26.1 Å². The van der Waals surface area contributed by atoms with Crippen molar-refractivity contribution >= 4 is 33.5 Å². The molecule has 0 radical (unpaired) electrons. The molecular weight excluding hydrogens is 244 g/mol.